The average Bonchev–Trinajstić information content (AvgIpc) is 3.03. The van der Waals surface area contributed by atoms with E-state index in [2.05, 4.69) is 15.7 Å². The van der Waals surface area contributed by atoms with E-state index in [1.54, 1.807) is 28.8 Å². The van der Waals surface area contributed by atoms with Gasteiger partial charge in [0.25, 0.3) is 5.91 Å². The molecule has 0 atom stereocenters. The van der Waals surface area contributed by atoms with Crippen molar-refractivity contribution in [2.24, 2.45) is 0 Å². The highest BCUT2D eigenvalue weighted by molar-refractivity contribution is 7.71. The average molecular weight is 478 g/mol. The molecule has 0 aliphatic carbocycles. The Morgan fingerprint density at radius 3 is 2.58 bits per heavy atom. The van der Waals surface area contributed by atoms with Crippen LogP contribution in [0.5, 0.6) is 0 Å². The molecule has 3 aromatic rings. The van der Waals surface area contributed by atoms with E-state index in [1.165, 1.54) is 4.68 Å². The second kappa shape index (κ2) is 10.1. The minimum atomic E-state index is -0.337. The number of benzene rings is 2. The number of aryl methyl sites for hydroxylation is 1. The first-order valence-electron chi connectivity index (χ1n) is 9.55. The Morgan fingerprint density at radius 2 is 1.90 bits per heavy atom. The van der Waals surface area contributed by atoms with E-state index in [-0.39, 0.29) is 24.9 Å². The Hall–Kier alpha value is -2.68. The standard InChI is InChI=1S/C21H21Cl2N5O2S/c1-3-27-18(11-24-20(30)15-7-5-4-6-13(15)2)26-28(21(27)31)12-19(29)25-17-9-8-14(22)10-16(17)23/h4-10H,3,11-12H2,1-2H3,(H,24,30)(H,25,29). The smallest absolute Gasteiger partial charge is 0.251 e. The van der Waals surface area contributed by atoms with Crippen molar-refractivity contribution in [3.8, 4) is 0 Å². The quantitative estimate of drug-likeness (QED) is 0.486. The fourth-order valence-corrected chi connectivity index (χ4v) is 3.83. The van der Waals surface area contributed by atoms with Gasteiger partial charge in [-0.3, -0.25) is 9.59 Å². The van der Waals surface area contributed by atoms with Crippen LogP contribution >= 0.6 is 35.4 Å². The SMILES string of the molecule is CCn1c(CNC(=O)c2ccccc2C)nn(CC(=O)Nc2ccc(Cl)cc2Cl)c1=S. The Labute approximate surface area is 195 Å². The van der Waals surface area contributed by atoms with Crippen LogP contribution in [0.25, 0.3) is 0 Å². The molecular formula is C21H21Cl2N5O2S. The molecule has 0 saturated carbocycles. The van der Waals surface area contributed by atoms with Gasteiger partial charge in [-0.2, -0.15) is 5.10 Å². The maximum atomic E-state index is 12.5. The Balaban J connectivity index is 1.71. The lowest BCUT2D eigenvalue weighted by Crippen LogP contribution is -2.25. The number of nitrogens with one attached hydrogen (secondary N) is 2. The third-order valence-electron chi connectivity index (χ3n) is 4.61. The van der Waals surface area contributed by atoms with Crippen LogP contribution in [-0.2, 0) is 24.4 Å². The van der Waals surface area contributed by atoms with Gasteiger partial charge in [0.1, 0.15) is 6.54 Å². The zero-order valence-corrected chi connectivity index (χ0v) is 19.3. The van der Waals surface area contributed by atoms with Crippen LogP contribution < -0.4 is 10.6 Å². The van der Waals surface area contributed by atoms with Crippen LogP contribution in [0, 0.1) is 11.7 Å². The summed E-state index contributed by atoms with van der Waals surface area (Å²) in [5.41, 5.74) is 1.93. The van der Waals surface area contributed by atoms with E-state index >= 15 is 0 Å². The van der Waals surface area contributed by atoms with Crippen LogP contribution in [0.3, 0.4) is 0 Å². The number of rotatable bonds is 7. The molecule has 2 amide bonds. The zero-order valence-electron chi connectivity index (χ0n) is 17.0. The molecule has 31 heavy (non-hydrogen) atoms. The van der Waals surface area contributed by atoms with E-state index in [4.69, 9.17) is 35.4 Å². The number of carbonyl (C=O) groups excluding carboxylic acids is 2. The van der Waals surface area contributed by atoms with Crippen LogP contribution in [0.15, 0.2) is 42.5 Å². The Morgan fingerprint density at radius 1 is 1.16 bits per heavy atom. The Bertz CT molecular complexity index is 1190. The third-order valence-corrected chi connectivity index (χ3v) is 5.59. The van der Waals surface area contributed by atoms with Crippen molar-refractivity contribution in [1.29, 1.82) is 0 Å². The van der Waals surface area contributed by atoms with E-state index in [9.17, 15) is 9.59 Å². The van der Waals surface area contributed by atoms with Gasteiger partial charge in [0.2, 0.25) is 5.91 Å². The third kappa shape index (κ3) is 5.52. The number of aromatic nitrogens is 3. The van der Waals surface area contributed by atoms with Crippen molar-refractivity contribution in [3.63, 3.8) is 0 Å². The predicted molar refractivity (Wildman–Crippen MR) is 124 cm³/mol. The van der Waals surface area contributed by atoms with E-state index < -0.39 is 0 Å². The van der Waals surface area contributed by atoms with Crippen LogP contribution in [0.2, 0.25) is 10.0 Å². The van der Waals surface area contributed by atoms with Crippen molar-refractivity contribution in [2.45, 2.75) is 33.5 Å². The lowest BCUT2D eigenvalue weighted by Gasteiger charge is -2.07. The van der Waals surface area contributed by atoms with Crippen LogP contribution in [0.4, 0.5) is 5.69 Å². The summed E-state index contributed by atoms with van der Waals surface area (Å²) < 4.78 is 3.59. The number of hydrogen-bond acceptors (Lipinski definition) is 4. The van der Waals surface area contributed by atoms with Crippen molar-refractivity contribution >= 4 is 52.9 Å². The van der Waals surface area contributed by atoms with Crippen molar-refractivity contribution in [3.05, 3.63) is 74.2 Å². The van der Waals surface area contributed by atoms with Gasteiger partial charge in [0.05, 0.1) is 17.3 Å². The van der Waals surface area contributed by atoms with Gasteiger partial charge in [-0.1, -0.05) is 41.4 Å². The molecule has 0 radical (unpaired) electrons. The molecule has 0 bridgehead atoms. The van der Waals surface area contributed by atoms with E-state index in [0.29, 0.717) is 38.4 Å². The monoisotopic (exact) mass is 477 g/mol. The van der Waals surface area contributed by atoms with Gasteiger partial charge in [-0.05, 0) is 55.9 Å². The van der Waals surface area contributed by atoms with Crippen molar-refractivity contribution < 1.29 is 9.59 Å². The molecule has 0 aliphatic rings. The minimum absolute atomic E-state index is 0.0937. The van der Waals surface area contributed by atoms with Crippen molar-refractivity contribution in [2.75, 3.05) is 5.32 Å². The summed E-state index contributed by atoms with van der Waals surface area (Å²) in [6.07, 6.45) is 0. The van der Waals surface area contributed by atoms with Gasteiger partial charge in [0, 0.05) is 17.1 Å². The van der Waals surface area contributed by atoms with E-state index in [1.807, 2.05) is 32.0 Å². The topological polar surface area (TPSA) is 81.0 Å². The predicted octanol–water partition coefficient (Wildman–Crippen LogP) is 4.62. The highest BCUT2D eigenvalue weighted by atomic mass is 35.5. The van der Waals surface area contributed by atoms with Gasteiger partial charge in [-0.25, -0.2) is 4.68 Å². The number of carbonyl (C=O) groups is 2. The molecule has 0 spiro atoms. The van der Waals surface area contributed by atoms with Gasteiger partial charge >= 0.3 is 0 Å². The summed E-state index contributed by atoms with van der Waals surface area (Å²) in [7, 11) is 0. The molecule has 0 aliphatic heterocycles. The molecular weight excluding hydrogens is 457 g/mol. The molecule has 10 heteroatoms. The lowest BCUT2D eigenvalue weighted by atomic mass is 10.1. The summed E-state index contributed by atoms with van der Waals surface area (Å²) in [5.74, 6) is 0.0275. The summed E-state index contributed by atoms with van der Waals surface area (Å²) in [5, 5.41) is 10.8. The first-order chi connectivity index (χ1) is 14.8. The highest BCUT2D eigenvalue weighted by Gasteiger charge is 2.15. The molecule has 2 aromatic carbocycles. The zero-order chi connectivity index (χ0) is 22.5. The second-order valence-corrected chi connectivity index (χ2v) is 7.98. The molecule has 1 heterocycles. The molecule has 0 fully saturated rings. The minimum Gasteiger partial charge on any atom is -0.345 e. The number of amides is 2. The molecule has 2 N–H and O–H groups in total. The van der Waals surface area contributed by atoms with Crippen LogP contribution in [0.1, 0.15) is 28.7 Å². The van der Waals surface area contributed by atoms with Crippen molar-refractivity contribution in [1.82, 2.24) is 19.7 Å². The summed E-state index contributed by atoms with van der Waals surface area (Å²) in [6.45, 7) is 4.44. The van der Waals surface area contributed by atoms with Crippen LogP contribution in [-0.4, -0.2) is 26.2 Å². The molecule has 0 saturated heterocycles. The Kier molecular flexibility index (Phi) is 7.48. The normalized spacial score (nSPS) is 10.7. The van der Waals surface area contributed by atoms with Gasteiger partial charge in [0.15, 0.2) is 10.6 Å². The maximum Gasteiger partial charge on any atom is 0.251 e. The largest absolute Gasteiger partial charge is 0.345 e. The maximum absolute atomic E-state index is 12.5. The molecule has 162 valence electrons. The number of anilines is 1. The molecule has 3 rings (SSSR count). The number of halogens is 2. The fourth-order valence-electron chi connectivity index (χ4n) is 3.04. The van der Waals surface area contributed by atoms with Gasteiger partial charge < -0.3 is 15.2 Å². The van der Waals surface area contributed by atoms with Gasteiger partial charge in [-0.15, -0.1) is 0 Å². The highest BCUT2D eigenvalue weighted by Crippen LogP contribution is 2.25. The summed E-state index contributed by atoms with van der Waals surface area (Å²) in [6, 6.07) is 12.1. The molecule has 7 nitrogen and oxygen atoms in total. The first-order valence-corrected chi connectivity index (χ1v) is 10.7. The lowest BCUT2D eigenvalue weighted by molar-refractivity contribution is -0.116. The summed E-state index contributed by atoms with van der Waals surface area (Å²) >= 11 is 17.4. The molecule has 1 aromatic heterocycles. The number of hydrogen-bond donors (Lipinski definition) is 2. The first kappa shape index (κ1) is 23.0. The van der Waals surface area contributed by atoms with E-state index in [0.717, 1.165) is 5.56 Å². The fraction of sp³-hybridized carbons (Fsp3) is 0.238. The second-order valence-electron chi connectivity index (χ2n) is 6.77. The summed E-state index contributed by atoms with van der Waals surface area (Å²) in [4.78, 5) is 25.0. The number of nitrogens with zero attached hydrogens (tertiary/aromatic N) is 3. The molecule has 0 unspecified atom stereocenters.